The number of halogens is 2. The molecule has 2 amide bonds. The molecule has 4 rings (SSSR count). The van der Waals surface area contributed by atoms with Gasteiger partial charge in [0.1, 0.15) is 11.6 Å². The van der Waals surface area contributed by atoms with Crippen LogP contribution in [0.25, 0.3) is 0 Å². The Bertz CT molecular complexity index is 798. The van der Waals surface area contributed by atoms with Crippen molar-refractivity contribution in [3.63, 3.8) is 0 Å². The fraction of sp³-hybridized carbons (Fsp3) is 0.600. The van der Waals surface area contributed by atoms with Crippen molar-refractivity contribution in [3.8, 4) is 5.75 Å². The van der Waals surface area contributed by atoms with E-state index in [1.54, 1.807) is 11.9 Å². The number of nitrogens with one attached hydrogen (secondary N) is 3. The van der Waals surface area contributed by atoms with Gasteiger partial charge >= 0.3 is 0 Å². The fourth-order valence-electron chi connectivity index (χ4n) is 4.54. The van der Waals surface area contributed by atoms with Crippen molar-refractivity contribution in [3.05, 3.63) is 29.0 Å². The molecule has 6 nitrogen and oxygen atoms in total. The number of hydrogen-bond acceptors (Lipinski definition) is 5. The van der Waals surface area contributed by atoms with Gasteiger partial charge in [-0.25, -0.2) is 4.39 Å². The first kappa shape index (κ1) is 20.8. The Kier molecular flexibility index (Phi) is 6.22. The summed E-state index contributed by atoms with van der Waals surface area (Å²) in [5, 5.41) is 6.67. The highest BCUT2D eigenvalue weighted by Gasteiger charge is 2.49. The van der Waals surface area contributed by atoms with Crippen LogP contribution in [0.5, 0.6) is 5.75 Å². The van der Waals surface area contributed by atoms with Crippen LogP contribution in [0.3, 0.4) is 0 Å². The van der Waals surface area contributed by atoms with E-state index >= 15 is 0 Å². The molecule has 2 saturated carbocycles. The lowest BCUT2D eigenvalue weighted by molar-refractivity contribution is -0.124. The molecule has 6 atom stereocenters. The number of carbonyl (C=O) groups is 2. The van der Waals surface area contributed by atoms with Gasteiger partial charge < -0.3 is 15.4 Å². The standard InChI is InChI=1S/C20H25ClFN3O3S/c1-10-6-18(25-29-10)20(27)24-17-8-16(12-3-4-13(12)17)23-19(26)9-28-11-2-5-14(21)15(22)7-11/h2,5,7,10,12-13,16-18,25H,3-4,6,8-9H2,1H3,(H,23,26)(H,24,27)/t10?,12?,13?,16-,17?,18?/m0/s1. The number of rotatable bonds is 6. The smallest absolute Gasteiger partial charge is 0.258 e. The molecule has 158 valence electrons. The SMILES string of the molecule is CC1CC(C(=O)NC2C[C@H](NC(=O)COc3ccc(Cl)c(F)c3)C3CCC23)NS1. The molecule has 0 bridgehead atoms. The van der Waals surface area contributed by atoms with Crippen molar-refractivity contribution in [1.82, 2.24) is 15.4 Å². The average Bonchev–Trinajstić information content (AvgIpc) is 3.16. The number of benzene rings is 1. The first-order valence-electron chi connectivity index (χ1n) is 9.99. The Morgan fingerprint density at radius 2 is 1.97 bits per heavy atom. The van der Waals surface area contributed by atoms with Crippen molar-refractivity contribution in [2.75, 3.05) is 6.61 Å². The van der Waals surface area contributed by atoms with Crippen molar-refractivity contribution in [2.24, 2.45) is 11.8 Å². The first-order valence-corrected chi connectivity index (χ1v) is 11.2. The van der Waals surface area contributed by atoms with E-state index in [1.165, 1.54) is 12.1 Å². The lowest BCUT2D eigenvalue weighted by atomic mass is 9.73. The van der Waals surface area contributed by atoms with Crippen molar-refractivity contribution in [2.45, 2.75) is 56.0 Å². The van der Waals surface area contributed by atoms with Crippen molar-refractivity contribution >= 4 is 35.4 Å². The number of ether oxygens (including phenoxy) is 1. The van der Waals surface area contributed by atoms with Gasteiger partial charge in [0.25, 0.3) is 5.91 Å². The summed E-state index contributed by atoms with van der Waals surface area (Å²) in [7, 11) is 0. The topological polar surface area (TPSA) is 79.5 Å². The Balaban J connectivity index is 1.26. The van der Waals surface area contributed by atoms with Gasteiger partial charge in [-0.2, -0.15) is 0 Å². The van der Waals surface area contributed by atoms with E-state index in [1.807, 2.05) is 0 Å². The summed E-state index contributed by atoms with van der Waals surface area (Å²) in [4.78, 5) is 24.8. The fourth-order valence-corrected chi connectivity index (χ4v) is 5.55. The van der Waals surface area contributed by atoms with Gasteiger partial charge in [-0.15, -0.1) is 0 Å². The summed E-state index contributed by atoms with van der Waals surface area (Å²) >= 11 is 7.25. The van der Waals surface area contributed by atoms with Crippen LogP contribution in [-0.4, -0.2) is 41.8 Å². The highest BCUT2D eigenvalue weighted by molar-refractivity contribution is 7.98. The molecular weight excluding hydrogens is 417 g/mol. The third-order valence-electron chi connectivity index (χ3n) is 6.16. The molecule has 1 aromatic rings. The minimum Gasteiger partial charge on any atom is -0.484 e. The van der Waals surface area contributed by atoms with Crippen molar-refractivity contribution in [1.29, 1.82) is 0 Å². The summed E-state index contributed by atoms with van der Waals surface area (Å²) in [6.45, 7) is 1.92. The molecule has 29 heavy (non-hydrogen) atoms. The number of fused-ring (bicyclic) bond motifs is 1. The van der Waals surface area contributed by atoms with E-state index in [9.17, 15) is 14.0 Å². The maximum absolute atomic E-state index is 13.5. The van der Waals surface area contributed by atoms with E-state index in [4.69, 9.17) is 16.3 Å². The molecule has 5 unspecified atom stereocenters. The zero-order chi connectivity index (χ0) is 20.5. The number of amides is 2. The average molecular weight is 442 g/mol. The van der Waals surface area contributed by atoms with Gasteiger partial charge in [0, 0.05) is 23.4 Å². The molecule has 3 N–H and O–H groups in total. The molecular formula is C20H25ClFN3O3S. The summed E-state index contributed by atoms with van der Waals surface area (Å²) in [5.74, 6) is 0.296. The monoisotopic (exact) mass is 441 g/mol. The van der Waals surface area contributed by atoms with E-state index in [0.717, 1.165) is 31.7 Å². The Morgan fingerprint density at radius 3 is 2.59 bits per heavy atom. The quantitative estimate of drug-likeness (QED) is 0.591. The molecule has 1 heterocycles. The van der Waals surface area contributed by atoms with Crippen LogP contribution in [0.15, 0.2) is 18.2 Å². The lowest BCUT2D eigenvalue weighted by Crippen LogP contribution is -2.47. The number of carbonyl (C=O) groups excluding carboxylic acids is 2. The number of hydrogen-bond donors (Lipinski definition) is 3. The van der Waals surface area contributed by atoms with Gasteiger partial charge in [0.15, 0.2) is 6.61 Å². The maximum atomic E-state index is 13.5. The molecule has 3 aliphatic rings. The van der Waals surface area contributed by atoms with Gasteiger partial charge in [-0.3, -0.25) is 14.3 Å². The third-order valence-corrected chi connectivity index (χ3v) is 7.48. The minimum absolute atomic E-state index is 0.0118. The van der Waals surface area contributed by atoms with Crippen LogP contribution in [0, 0.1) is 17.7 Å². The molecule has 2 aliphatic carbocycles. The zero-order valence-corrected chi connectivity index (χ0v) is 17.7. The predicted molar refractivity (Wildman–Crippen MR) is 110 cm³/mol. The maximum Gasteiger partial charge on any atom is 0.258 e. The van der Waals surface area contributed by atoms with E-state index in [-0.39, 0.29) is 47.3 Å². The second-order valence-corrected chi connectivity index (χ2v) is 9.81. The van der Waals surface area contributed by atoms with Crippen LogP contribution in [0.2, 0.25) is 5.02 Å². The zero-order valence-electron chi connectivity index (χ0n) is 16.1. The minimum atomic E-state index is -0.583. The predicted octanol–water partition coefficient (Wildman–Crippen LogP) is 2.66. The molecule has 0 spiro atoms. The van der Waals surface area contributed by atoms with E-state index in [2.05, 4.69) is 22.3 Å². The normalized spacial score (nSPS) is 32.9. The largest absolute Gasteiger partial charge is 0.484 e. The third kappa shape index (κ3) is 4.64. The molecule has 3 fully saturated rings. The molecule has 9 heteroatoms. The van der Waals surface area contributed by atoms with Crippen LogP contribution in [-0.2, 0) is 9.59 Å². The molecule has 1 saturated heterocycles. The molecule has 0 aromatic heterocycles. The highest BCUT2D eigenvalue weighted by atomic mass is 35.5. The van der Waals surface area contributed by atoms with Crippen LogP contribution >= 0.6 is 23.5 Å². The first-order chi connectivity index (χ1) is 13.9. The molecule has 1 aromatic carbocycles. The summed E-state index contributed by atoms with van der Waals surface area (Å²) in [5.41, 5.74) is 0. The lowest BCUT2D eigenvalue weighted by Gasteiger charge is -2.36. The van der Waals surface area contributed by atoms with Gasteiger partial charge in [-0.1, -0.05) is 30.5 Å². The van der Waals surface area contributed by atoms with Gasteiger partial charge in [0.2, 0.25) is 5.91 Å². The van der Waals surface area contributed by atoms with Crippen LogP contribution in [0.4, 0.5) is 4.39 Å². The Labute approximate surface area is 178 Å². The Hall–Kier alpha value is -1.51. The highest BCUT2D eigenvalue weighted by Crippen LogP contribution is 2.47. The Morgan fingerprint density at radius 1 is 1.24 bits per heavy atom. The molecule has 1 aliphatic heterocycles. The summed E-state index contributed by atoms with van der Waals surface area (Å²) in [6.07, 6.45) is 3.70. The summed E-state index contributed by atoms with van der Waals surface area (Å²) in [6, 6.07) is 4.07. The van der Waals surface area contributed by atoms with E-state index in [0.29, 0.717) is 17.1 Å². The van der Waals surface area contributed by atoms with Crippen LogP contribution < -0.4 is 20.1 Å². The summed E-state index contributed by atoms with van der Waals surface area (Å²) < 4.78 is 22.0. The van der Waals surface area contributed by atoms with Crippen LogP contribution in [0.1, 0.15) is 32.6 Å². The second kappa shape index (κ2) is 8.70. The van der Waals surface area contributed by atoms with Gasteiger partial charge in [0.05, 0.1) is 11.1 Å². The van der Waals surface area contributed by atoms with Crippen molar-refractivity contribution < 1.29 is 18.7 Å². The molecule has 0 radical (unpaired) electrons. The van der Waals surface area contributed by atoms with E-state index < -0.39 is 5.82 Å². The van der Waals surface area contributed by atoms with Gasteiger partial charge in [-0.05, 0) is 49.7 Å². The second-order valence-electron chi connectivity index (χ2n) is 8.13.